The first-order valence-electron chi connectivity index (χ1n) is 7.94. The summed E-state index contributed by atoms with van der Waals surface area (Å²) in [6.07, 6.45) is 3.04. The number of aliphatic hydroxyl groups excluding tert-OH is 2. The molecule has 0 saturated carbocycles. The van der Waals surface area contributed by atoms with Gasteiger partial charge in [-0.15, -0.1) is 0 Å². The molecule has 5 nitrogen and oxygen atoms in total. The van der Waals surface area contributed by atoms with Gasteiger partial charge in [0.25, 0.3) is 5.91 Å². The Morgan fingerprint density at radius 3 is 2.22 bits per heavy atom. The highest BCUT2D eigenvalue weighted by atomic mass is 19.1. The van der Waals surface area contributed by atoms with Gasteiger partial charge in [0, 0.05) is 23.2 Å². The molecule has 2 rings (SSSR count). The molecule has 1 saturated heterocycles. The van der Waals surface area contributed by atoms with Gasteiger partial charge in [-0.3, -0.25) is 4.79 Å². The molecule has 1 heterocycles. The molecule has 1 aromatic rings. The maximum absolute atomic E-state index is 13.4. The first kappa shape index (κ1) is 17.7. The Kier molecular flexibility index (Phi) is 5.96. The predicted octanol–water partition coefficient (Wildman–Crippen LogP) is 1.98. The first-order chi connectivity index (χ1) is 11.0. The zero-order valence-electron chi connectivity index (χ0n) is 13.6. The maximum atomic E-state index is 13.4. The van der Waals surface area contributed by atoms with Crippen molar-refractivity contribution < 1.29 is 24.1 Å². The molecule has 6 heteroatoms. The van der Waals surface area contributed by atoms with E-state index in [9.17, 15) is 19.4 Å². The van der Waals surface area contributed by atoms with Crippen LogP contribution in [0.25, 0.3) is 0 Å². The maximum Gasteiger partial charge on any atom is 0.260 e. The smallest absolute Gasteiger partial charge is 0.260 e. The summed E-state index contributed by atoms with van der Waals surface area (Å²) in [4.78, 5) is 14.3. The SMILES string of the molecule is CC1CCCC(C)N1C(=O)COc1c(CO)cc(F)cc1CO. The van der Waals surface area contributed by atoms with Crippen LogP contribution in [0.5, 0.6) is 5.75 Å². The Bertz CT molecular complexity index is 529. The lowest BCUT2D eigenvalue weighted by molar-refractivity contribution is -0.139. The Morgan fingerprint density at radius 2 is 1.74 bits per heavy atom. The molecular formula is C17H24FNO4. The fraction of sp³-hybridized carbons (Fsp3) is 0.588. The number of hydrogen-bond donors (Lipinski definition) is 2. The van der Waals surface area contributed by atoms with E-state index in [1.807, 2.05) is 18.7 Å². The molecule has 2 atom stereocenters. The van der Waals surface area contributed by atoms with Crippen LogP contribution in [0.4, 0.5) is 4.39 Å². The molecule has 0 bridgehead atoms. The number of halogens is 1. The van der Waals surface area contributed by atoms with E-state index in [0.717, 1.165) is 31.4 Å². The van der Waals surface area contributed by atoms with Crippen LogP contribution in [0.15, 0.2) is 12.1 Å². The van der Waals surface area contributed by atoms with E-state index in [1.54, 1.807) is 0 Å². The fourth-order valence-electron chi connectivity index (χ4n) is 3.25. The predicted molar refractivity (Wildman–Crippen MR) is 83.4 cm³/mol. The van der Waals surface area contributed by atoms with Crippen molar-refractivity contribution in [1.29, 1.82) is 0 Å². The minimum Gasteiger partial charge on any atom is -0.483 e. The summed E-state index contributed by atoms with van der Waals surface area (Å²) in [5.74, 6) is -0.515. The monoisotopic (exact) mass is 325 g/mol. The van der Waals surface area contributed by atoms with Gasteiger partial charge in [-0.1, -0.05) is 0 Å². The van der Waals surface area contributed by atoms with Crippen LogP contribution in [0.2, 0.25) is 0 Å². The summed E-state index contributed by atoms with van der Waals surface area (Å²) < 4.78 is 19.0. The average Bonchev–Trinajstić information content (AvgIpc) is 2.52. The van der Waals surface area contributed by atoms with E-state index in [1.165, 1.54) is 0 Å². The van der Waals surface area contributed by atoms with Gasteiger partial charge in [0.15, 0.2) is 6.61 Å². The quantitative estimate of drug-likeness (QED) is 0.868. The van der Waals surface area contributed by atoms with Crippen LogP contribution in [0.3, 0.4) is 0 Å². The molecule has 1 aliphatic heterocycles. The second-order valence-electron chi connectivity index (χ2n) is 6.09. The molecular weight excluding hydrogens is 301 g/mol. The molecule has 2 unspecified atom stereocenters. The first-order valence-corrected chi connectivity index (χ1v) is 7.94. The van der Waals surface area contributed by atoms with Gasteiger partial charge < -0.3 is 19.8 Å². The number of rotatable bonds is 5. The molecule has 1 amide bonds. The van der Waals surface area contributed by atoms with Crippen molar-refractivity contribution in [2.45, 2.75) is 58.4 Å². The van der Waals surface area contributed by atoms with Crippen LogP contribution in [0, 0.1) is 5.82 Å². The highest BCUT2D eigenvalue weighted by Crippen LogP contribution is 2.27. The van der Waals surface area contributed by atoms with Crippen LogP contribution in [-0.4, -0.2) is 39.7 Å². The van der Waals surface area contributed by atoms with Crippen molar-refractivity contribution in [3.8, 4) is 5.75 Å². The van der Waals surface area contributed by atoms with Crippen molar-refractivity contribution in [2.75, 3.05) is 6.61 Å². The van der Waals surface area contributed by atoms with Crippen LogP contribution < -0.4 is 4.74 Å². The minimum atomic E-state index is -0.560. The minimum absolute atomic E-state index is 0.137. The second kappa shape index (κ2) is 7.75. The zero-order valence-corrected chi connectivity index (χ0v) is 13.6. The van der Waals surface area contributed by atoms with E-state index >= 15 is 0 Å². The normalized spacial score (nSPS) is 21.3. The van der Waals surface area contributed by atoms with Gasteiger partial charge in [0.1, 0.15) is 11.6 Å². The Labute approximate surface area is 135 Å². The number of nitrogens with zero attached hydrogens (tertiary/aromatic N) is 1. The van der Waals surface area contributed by atoms with Crippen LogP contribution in [0.1, 0.15) is 44.2 Å². The lowest BCUT2D eigenvalue weighted by Gasteiger charge is -2.39. The third-order valence-electron chi connectivity index (χ3n) is 4.37. The van der Waals surface area contributed by atoms with E-state index in [4.69, 9.17) is 4.74 Å². The summed E-state index contributed by atoms with van der Waals surface area (Å²) >= 11 is 0. The number of carbonyl (C=O) groups is 1. The molecule has 1 aromatic carbocycles. The van der Waals surface area contributed by atoms with Crippen molar-refractivity contribution in [3.05, 3.63) is 29.1 Å². The summed E-state index contributed by atoms with van der Waals surface area (Å²) in [5, 5.41) is 18.7. The molecule has 128 valence electrons. The topological polar surface area (TPSA) is 70.0 Å². The average molecular weight is 325 g/mol. The van der Waals surface area contributed by atoms with E-state index < -0.39 is 19.0 Å². The summed E-state index contributed by atoms with van der Waals surface area (Å²) in [7, 11) is 0. The van der Waals surface area contributed by atoms with Gasteiger partial charge in [0.05, 0.1) is 13.2 Å². The number of carbonyl (C=O) groups excluding carboxylic acids is 1. The Hall–Kier alpha value is -1.66. The lowest BCUT2D eigenvalue weighted by Crippen LogP contribution is -2.49. The Morgan fingerprint density at radius 1 is 1.22 bits per heavy atom. The molecule has 2 N–H and O–H groups in total. The number of piperidine rings is 1. The van der Waals surface area contributed by atoms with E-state index in [0.29, 0.717) is 0 Å². The van der Waals surface area contributed by atoms with Gasteiger partial charge >= 0.3 is 0 Å². The fourth-order valence-corrected chi connectivity index (χ4v) is 3.25. The number of benzene rings is 1. The third-order valence-corrected chi connectivity index (χ3v) is 4.37. The summed E-state index contributed by atoms with van der Waals surface area (Å²) in [5.41, 5.74) is 0.447. The van der Waals surface area contributed by atoms with Crippen LogP contribution >= 0.6 is 0 Å². The largest absolute Gasteiger partial charge is 0.483 e. The molecule has 0 aromatic heterocycles. The van der Waals surface area contributed by atoms with Crippen molar-refractivity contribution in [1.82, 2.24) is 4.90 Å². The summed E-state index contributed by atoms with van der Waals surface area (Å²) in [6.45, 7) is 2.99. The molecule has 1 aliphatic rings. The standard InChI is InChI=1S/C17H24FNO4/c1-11-4-3-5-12(2)19(11)16(22)10-23-17-13(8-20)6-15(18)7-14(17)9-21/h6-7,11-12,20-21H,3-5,8-10H2,1-2H3. The van der Waals surface area contributed by atoms with E-state index in [-0.39, 0.29) is 41.5 Å². The molecule has 0 radical (unpaired) electrons. The molecule has 23 heavy (non-hydrogen) atoms. The van der Waals surface area contributed by atoms with Gasteiger partial charge in [-0.25, -0.2) is 4.39 Å². The second-order valence-corrected chi connectivity index (χ2v) is 6.09. The number of ether oxygens (including phenoxy) is 1. The third kappa shape index (κ3) is 4.00. The van der Waals surface area contributed by atoms with Gasteiger partial charge in [0.2, 0.25) is 0 Å². The van der Waals surface area contributed by atoms with Crippen molar-refractivity contribution in [3.63, 3.8) is 0 Å². The molecule has 0 spiro atoms. The van der Waals surface area contributed by atoms with Crippen molar-refractivity contribution in [2.24, 2.45) is 0 Å². The van der Waals surface area contributed by atoms with Crippen LogP contribution in [-0.2, 0) is 18.0 Å². The van der Waals surface area contributed by atoms with Gasteiger partial charge in [-0.2, -0.15) is 0 Å². The highest BCUT2D eigenvalue weighted by molar-refractivity contribution is 5.78. The van der Waals surface area contributed by atoms with E-state index in [2.05, 4.69) is 0 Å². The summed E-state index contributed by atoms with van der Waals surface area (Å²) in [6, 6.07) is 2.62. The number of hydrogen-bond acceptors (Lipinski definition) is 4. The highest BCUT2D eigenvalue weighted by Gasteiger charge is 2.29. The lowest BCUT2D eigenvalue weighted by atomic mass is 9.97. The zero-order chi connectivity index (χ0) is 17.0. The molecule has 0 aliphatic carbocycles. The molecule has 1 fully saturated rings. The number of amides is 1. The number of likely N-dealkylation sites (tertiary alicyclic amines) is 1. The van der Waals surface area contributed by atoms with Gasteiger partial charge in [-0.05, 0) is 45.2 Å². The van der Waals surface area contributed by atoms with Crippen molar-refractivity contribution >= 4 is 5.91 Å². The Balaban J connectivity index is 2.12. The number of aliphatic hydroxyl groups is 2.